The Morgan fingerprint density at radius 1 is 1.27 bits per heavy atom. The second-order valence-electron chi connectivity index (χ2n) is 7.41. The van der Waals surface area contributed by atoms with Crippen LogP contribution in [-0.2, 0) is 4.79 Å². The molecule has 0 saturated carbocycles. The van der Waals surface area contributed by atoms with Crippen molar-refractivity contribution in [1.82, 2.24) is 9.80 Å². The SMILES string of the molecule is CCCOc1ccccc1C(=O)N1CC[C@@]2(C(=O)O)CCCN(C)[C@@H]2C1. The number of rotatable bonds is 5. The van der Waals surface area contributed by atoms with Gasteiger partial charge in [0.2, 0.25) is 0 Å². The van der Waals surface area contributed by atoms with E-state index in [2.05, 4.69) is 4.90 Å². The molecule has 0 aliphatic carbocycles. The van der Waals surface area contributed by atoms with E-state index in [4.69, 9.17) is 4.74 Å². The number of likely N-dealkylation sites (tertiary alicyclic amines) is 2. The van der Waals surface area contributed by atoms with Gasteiger partial charge < -0.3 is 19.6 Å². The fourth-order valence-electron chi connectivity index (χ4n) is 4.32. The molecule has 0 aromatic heterocycles. The van der Waals surface area contributed by atoms with Crippen molar-refractivity contribution in [2.24, 2.45) is 5.41 Å². The van der Waals surface area contributed by atoms with E-state index < -0.39 is 11.4 Å². The van der Waals surface area contributed by atoms with Crippen molar-refractivity contribution in [2.75, 3.05) is 33.3 Å². The molecule has 1 amide bonds. The number of fused-ring (bicyclic) bond motifs is 1. The van der Waals surface area contributed by atoms with E-state index in [9.17, 15) is 14.7 Å². The summed E-state index contributed by atoms with van der Waals surface area (Å²) in [5, 5.41) is 9.87. The average molecular weight is 360 g/mol. The number of hydrogen-bond acceptors (Lipinski definition) is 4. The number of para-hydroxylation sites is 1. The fourth-order valence-corrected chi connectivity index (χ4v) is 4.32. The highest BCUT2D eigenvalue weighted by Crippen LogP contribution is 2.42. The lowest BCUT2D eigenvalue weighted by Gasteiger charge is -2.51. The summed E-state index contributed by atoms with van der Waals surface area (Å²) in [6, 6.07) is 7.17. The first-order valence-corrected chi connectivity index (χ1v) is 9.44. The molecule has 26 heavy (non-hydrogen) atoms. The van der Waals surface area contributed by atoms with Crippen LogP contribution in [0.15, 0.2) is 24.3 Å². The number of carboxylic acid groups (broad SMARTS) is 1. The number of hydrogen-bond donors (Lipinski definition) is 1. The second kappa shape index (κ2) is 7.66. The number of likely N-dealkylation sites (N-methyl/N-ethyl adjacent to an activating group) is 1. The lowest BCUT2D eigenvalue weighted by molar-refractivity contribution is -0.161. The molecule has 2 aliphatic rings. The molecule has 3 rings (SSSR count). The molecule has 2 saturated heterocycles. The van der Waals surface area contributed by atoms with Crippen molar-refractivity contribution in [3.05, 3.63) is 29.8 Å². The molecule has 0 unspecified atom stereocenters. The lowest BCUT2D eigenvalue weighted by Crippen LogP contribution is -2.63. The van der Waals surface area contributed by atoms with Gasteiger partial charge in [0.25, 0.3) is 5.91 Å². The summed E-state index contributed by atoms with van der Waals surface area (Å²) >= 11 is 0. The summed E-state index contributed by atoms with van der Waals surface area (Å²) in [7, 11) is 1.97. The molecule has 1 aromatic rings. The van der Waals surface area contributed by atoms with E-state index in [1.165, 1.54) is 0 Å². The largest absolute Gasteiger partial charge is 0.493 e. The highest BCUT2D eigenvalue weighted by atomic mass is 16.5. The Morgan fingerprint density at radius 3 is 2.77 bits per heavy atom. The van der Waals surface area contributed by atoms with E-state index in [1.54, 1.807) is 11.0 Å². The van der Waals surface area contributed by atoms with Crippen LogP contribution in [0.3, 0.4) is 0 Å². The quantitative estimate of drug-likeness (QED) is 0.874. The number of carbonyl (C=O) groups excluding carboxylic acids is 1. The molecule has 2 fully saturated rings. The maximum atomic E-state index is 13.1. The summed E-state index contributed by atoms with van der Waals surface area (Å²) in [5.41, 5.74) is -0.176. The minimum absolute atomic E-state index is 0.0744. The molecule has 2 aliphatic heterocycles. The number of carbonyl (C=O) groups is 2. The predicted octanol–water partition coefficient (Wildman–Crippen LogP) is 2.49. The number of piperidine rings is 2. The van der Waals surface area contributed by atoms with Crippen molar-refractivity contribution < 1.29 is 19.4 Å². The topological polar surface area (TPSA) is 70.1 Å². The third kappa shape index (κ3) is 3.30. The van der Waals surface area contributed by atoms with Gasteiger partial charge in [-0.05, 0) is 51.4 Å². The first-order valence-electron chi connectivity index (χ1n) is 9.44. The molecule has 6 heteroatoms. The van der Waals surface area contributed by atoms with Gasteiger partial charge in [-0.1, -0.05) is 19.1 Å². The molecule has 142 valence electrons. The van der Waals surface area contributed by atoms with Crippen LogP contribution in [0.25, 0.3) is 0 Å². The number of carboxylic acids is 1. The van der Waals surface area contributed by atoms with Gasteiger partial charge in [-0.15, -0.1) is 0 Å². The van der Waals surface area contributed by atoms with Crippen LogP contribution >= 0.6 is 0 Å². The molecule has 0 spiro atoms. The second-order valence-corrected chi connectivity index (χ2v) is 7.41. The van der Waals surface area contributed by atoms with Crippen LogP contribution in [0, 0.1) is 5.41 Å². The lowest BCUT2D eigenvalue weighted by atomic mass is 9.68. The summed E-state index contributed by atoms with van der Waals surface area (Å²) in [6.45, 7) is 4.39. The summed E-state index contributed by atoms with van der Waals surface area (Å²) in [6.07, 6.45) is 2.96. The van der Waals surface area contributed by atoms with Crippen LogP contribution in [-0.4, -0.2) is 66.1 Å². The highest BCUT2D eigenvalue weighted by Gasteiger charge is 2.52. The average Bonchev–Trinajstić information content (AvgIpc) is 2.66. The minimum Gasteiger partial charge on any atom is -0.493 e. The number of amides is 1. The van der Waals surface area contributed by atoms with Gasteiger partial charge in [0.1, 0.15) is 5.75 Å². The van der Waals surface area contributed by atoms with E-state index in [0.29, 0.717) is 43.9 Å². The van der Waals surface area contributed by atoms with Crippen LogP contribution in [0.5, 0.6) is 5.75 Å². The number of nitrogens with zero attached hydrogens (tertiary/aromatic N) is 2. The van der Waals surface area contributed by atoms with Crippen LogP contribution in [0.4, 0.5) is 0 Å². The van der Waals surface area contributed by atoms with Gasteiger partial charge in [0.15, 0.2) is 0 Å². The van der Waals surface area contributed by atoms with Crippen LogP contribution in [0.2, 0.25) is 0 Å². The van der Waals surface area contributed by atoms with Crippen molar-refractivity contribution in [3.63, 3.8) is 0 Å². The smallest absolute Gasteiger partial charge is 0.311 e. The van der Waals surface area contributed by atoms with Gasteiger partial charge in [-0.3, -0.25) is 9.59 Å². The van der Waals surface area contributed by atoms with Crippen molar-refractivity contribution in [3.8, 4) is 5.75 Å². The van der Waals surface area contributed by atoms with Gasteiger partial charge in [0, 0.05) is 19.1 Å². The van der Waals surface area contributed by atoms with E-state index in [-0.39, 0.29) is 11.9 Å². The Labute approximate surface area is 154 Å². The van der Waals surface area contributed by atoms with Crippen LogP contribution in [0.1, 0.15) is 43.0 Å². The molecule has 1 N–H and O–H groups in total. The van der Waals surface area contributed by atoms with Crippen molar-refractivity contribution in [1.29, 1.82) is 0 Å². The molecule has 2 atom stereocenters. The summed E-state index contributed by atoms with van der Waals surface area (Å²) in [4.78, 5) is 29.0. The normalized spacial score (nSPS) is 26.2. The summed E-state index contributed by atoms with van der Waals surface area (Å²) < 4.78 is 5.73. The zero-order valence-corrected chi connectivity index (χ0v) is 15.6. The molecule has 2 heterocycles. The molecular formula is C20H28N2O4. The Morgan fingerprint density at radius 2 is 2.04 bits per heavy atom. The standard InChI is InChI=1S/C20H28N2O4/c1-3-13-26-16-8-5-4-7-15(16)18(23)22-12-10-20(19(24)25)9-6-11-21(2)17(20)14-22/h4-5,7-8,17H,3,6,9-14H2,1-2H3,(H,24,25)/t17-,20+/m1/s1. The zero-order valence-electron chi connectivity index (χ0n) is 15.6. The maximum absolute atomic E-state index is 13.1. The Hall–Kier alpha value is -2.08. The Bertz CT molecular complexity index is 678. The number of benzene rings is 1. The molecule has 0 radical (unpaired) electrons. The fraction of sp³-hybridized carbons (Fsp3) is 0.600. The van der Waals surface area contributed by atoms with Gasteiger partial charge in [-0.2, -0.15) is 0 Å². The first-order chi connectivity index (χ1) is 12.5. The zero-order chi connectivity index (χ0) is 18.7. The third-order valence-electron chi connectivity index (χ3n) is 5.82. The Balaban J connectivity index is 1.82. The maximum Gasteiger partial charge on any atom is 0.311 e. The van der Waals surface area contributed by atoms with E-state index in [0.717, 1.165) is 19.4 Å². The molecule has 1 aromatic carbocycles. The number of aliphatic carboxylic acids is 1. The van der Waals surface area contributed by atoms with Crippen LogP contribution < -0.4 is 4.74 Å². The van der Waals surface area contributed by atoms with Crippen molar-refractivity contribution in [2.45, 2.75) is 38.6 Å². The molecular weight excluding hydrogens is 332 g/mol. The van der Waals surface area contributed by atoms with Crippen molar-refractivity contribution >= 4 is 11.9 Å². The highest BCUT2D eigenvalue weighted by molar-refractivity contribution is 5.97. The minimum atomic E-state index is -0.734. The Kier molecular flexibility index (Phi) is 5.51. The third-order valence-corrected chi connectivity index (χ3v) is 5.82. The molecule has 0 bridgehead atoms. The van der Waals surface area contributed by atoms with Gasteiger partial charge >= 0.3 is 5.97 Å². The van der Waals surface area contributed by atoms with E-state index in [1.807, 2.05) is 32.2 Å². The monoisotopic (exact) mass is 360 g/mol. The summed E-state index contributed by atoms with van der Waals surface area (Å²) in [5.74, 6) is -0.200. The predicted molar refractivity (Wildman–Crippen MR) is 98.5 cm³/mol. The van der Waals surface area contributed by atoms with E-state index >= 15 is 0 Å². The van der Waals surface area contributed by atoms with Gasteiger partial charge in [-0.25, -0.2) is 0 Å². The molecule has 6 nitrogen and oxygen atoms in total. The number of ether oxygens (including phenoxy) is 1. The van der Waals surface area contributed by atoms with Gasteiger partial charge in [0.05, 0.1) is 17.6 Å². The first kappa shape index (κ1) is 18.7.